The van der Waals surface area contributed by atoms with Gasteiger partial charge in [0.15, 0.2) is 5.60 Å². The molecule has 0 aliphatic carbocycles. The van der Waals surface area contributed by atoms with Gasteiger partial charge in [0, 0.05) is 48.2 Å². The number of esters is 1. The van der Waals surface area contributed by atoms with E-state index in [-0.39, 0.29) is 52.3 Å². The molecule has 8 heteroatoms. The second-order valence-electron chi connectivity index (χ2n) is 6.20. The summed E-state index contributed by atoms with van der Waals surface area (Å²) in [5, 5.41) is 19.8. The van der Waals surface area contributed by atoms with Gasteiger partial charge in [0.25, 0.3) is 0 Å². The fourth-order valence-electron chi connectivity index (χ4n) is 3.66. The second-order valence-corrected chi connectivity index (χ2v) is 6.96. The molecule has 2 aliphatic rings. The van der Waals surface area contributed by atoms with E-state index in [0.29, 0.717) is 16.7 Å². The minimum absolute atomic E-state index is 0. The molecule has 0 bridgehead atoms. The first-order chi connectivity index (χ1) is 12.9. The van der Waals surface area contributed by atoms with Gasteiger partial charge >= 0.3 is 5.97 Å². The van der Waals surface area contributed by atoms with E-state index in [9.17, 15) is 15.0 Å². The first kappa shape index (κ1) is 19.1. The van der Waals surface area contributed by atoms with E-state index in [2.05, 4.69) is 6.07 Å². The van der Waals surface area contributed by atoms with Gasteiger partial charge in [-0.25, -0.2) is 4.79 Å². The molecule has 1 radical (unpaired) electrons. The van der Waals surface area contributed by atoms with Crippen LogP contribution in [0.25, 0.3) is 0 Å². The third kappa shape index (κ3) is 2.32. The van der Waals surface area contributed by atoms with Gasteiger partial charge in [0.05, 0.1) is 5.56 Å². The van der Waals surface area contributed by atoms with Gasteiger partial charge in [-0.2, -0.15) is 11.6 Å². The molecule has 5 rings (SSSR count). The predicted molar refractivity (Wildman–Crippen MR) is 96.9 cm³/mol. The predicted octanol–water partition coefficient (Wildman–Crippen LogP) is 4.77. The summed E-state index contributed by atoms with van der Waals surface area (Å²) in [6, 6.07) is 14.0. The van der Waals surface area contributed by atoms with Crippen LogP contribution >= 0.6 is 23.2 Å². The van der Waals surface area contributed by atoms with Gasteiger partial charge < -0.3 is 19.7 Å². The molecule has 1 spiro atoms. The van der Waals surface area contributed by atoms with Gasteiger partial charge in [-0.3, -0.25) is 0 Å². The molecule has 143 valence electrons. The minimum atomic E-state index is -1.44. The summed E-state index contributed by atoms with van der Waals surface area (Å²) in [5.74, 6) is -0.644. The number of carbonyl (C=O) groups excluding carboxylic acids is 1. The van der Waals surface area contributed by atoms with Crippen LogP contribution in [0.1, 0.15) is 27.0 Å². The SMILES string of the molecule is O=C1OC2(c3ccc(O)cc3Oc3[c-]c(O)c(Cl)c(Cl)c32)c2ccccc21.[Rh]. The van der Waals surface area contributed by atoms with Crippen LogP contribution in [0, 0.1) is 6.07 Å². The molecule has 3 aromatic carbocycles. The number of carbonyl (C=O) groups is 1. The Labute approximate surface area is 182 Å². The fraction of sp³-hybridized carbons (Fsp3) is 0.0500. The molecular formula is C20H9Cl2O5Rh-. The number of ether oxygens (including phenoxy) is 2. The zero-order chi connectivity index (χ0) is 18.9. The molecule has 0 aromatic heterocycles. The van der Waals surface area contributed by atoms with Crippen molar-refractivity contribution in [2.45, 2.75) is 5.60 Å². The number of hydrogen-bond acceptors (Lipinski definition) is 5. The van der Waals surface area contributed by atoms with E-state index in [4.69, 9.17) is 32.7 Å². The van der Waals surface area contributed by atoms with Crippen LogP contribution in [0.5, 0.6) is 23.0 Å². The number of fused-ring (bicyclic) bond motifs is 6. The summed E-state index contributed by atoms with van der Waals surface area (Å²) in [6.45, 7) is 0. The first-order valence-electron chi connectivity index (χ1n) is 7.91. The van der Waals surface area contributed by atoms with Crippen molar-refractivity contribution in [2.24, 2.45) is 0 Å². The van der Waals surface area contributed by atoms with Crippen molar-refractivity contribution in [3.63, 3.8) is 0 Å². The van der Waals surface area contributed by atoms with Gasteiger partial charge in [-0.05, 0) is 33.8 Å². The second kappa shape index (κ2) is 6.38. The third-order valence-electron chi connectivity index (χ3n) is 4.76. The molecule has 0 saturated heterocycles. The van der Waals surface area contributed by atoms with Crippen molar-refractivity contribution in [3.05, 3.63) is 80.8 Å². The zero-order valence-corrected chi connectivity index (χ0v) is 16.9. The van der Waals surface area contributed by atoms with Crippen molar-refractivity contribution < 1.29 is 44.0 Å². The molecular weight excluding hydrogens is 494 g/mol. The summed E-state index contributed by atoms with van der Waals surface area (Å²) in [5.41, 5.74) is 0.245. The molecule has 0 fully saturated rings. The maximum absolute atomic E-state index is 12.6. The summed E-state index contributed by atoms with van der Waals surface area (Å²) in [4.78, 5) is 12.6. The van der Waals surface area contributed by atoms with Gasteiger partial charge in [0.2, 0.25) is 0 Å². The normalized spacial score (nSPS) is 18.4. The molecule has 1 atom stereocenters. The fourth-order valence-corrected chi connectivity index (χ4v) is 4.11. The largest absolute Gasteiger partial charge is 0.532 e. The van der Waals surface area contributed by atoms with Crippen LogP contribution in [0.4, 0.5) is 0 Å². The third-order valence-corrected chi connectivity index (χ3v) is 5.60. The number of halogens is 2. The maximum atomic E-state index is 12.6. The molecule has 28 heavy (non-hydrogen) atoms. The molecule has 3 aromatic rings. The molecule has 0 amide bonds. The number of phenols is 2. The van der Waals surface area contributed by atoms with Crippen LogP contribution in [-0.2, 0) is 29.8 Å². The van der Waals surface area contributed by atoms with Crippen LogP contribution in [0.3, 0.4) is 0 Å². The number of aromatic hydroxyl groups is 2. The van der Waals surface area contributed by atoms with Crippen LogP contribution in [0.2, 0.25) is 10.0 Å². The Morgan fingerprint density at radius 3 is 2.54 bits per heavy atom. The van der Waals surface area contributed by atoms with Gasteiger partial charge in [-0.15, -0.1) is 11.6 Å². The standard InChI is InChI=1S/C20H9Cl2O5.Rh/c21-17-13(24)8-15-16(18(17)22)20(12-6-5-9(23)7-14(12)26-15)11-4-2-1-3-10(11)19(25)27-20;/h1-7,23-24H;/q-1;. The minimum Gasteiger partial charge on any atom is -0.532 e. The van der Waals surface area contributed by atoms with Gasteiger partial charge in [-0.1, -0.05) is 24.3 Å². The monoisotopic (exact) mass is 502 g/mol. The Morgan fingerprint density at radius 2 is 1.75 bits per heavy atom. The Hall–Kier alpha value is -2.27. The quantitative estimate of drug-likeness (QED) is 0.263. The Bertz CT molecular complexity index is 1160. The van der Waals surface area contributed by atoms with E-state index in [0.717, 1.165) is 0 Å². The summed E-state index contributed by atoms with van der Waals surface area (Å²) >= 11 is 12.6. The Kier molecular flexibility index (Phi) is 4.34. The molecule has 0 saturated carbocycles. The van der Waals surface area contributed by atoms with Crippen molar-refractivity contribution in [3.8, 4) is 23.0 Å². The van der Waals surface area contributed by atoms with Crippen molar-refractivity contribution >= 4 is 29.2 Å². The topological polar surface area (TPSA) is 76.0 Å². The average Bonchev–Trinajstić information content (AvgIpc) is 2.93. The number of hydrogen-bond donors (Lipinski definition) is 2. The van der Waals surface area contributed by atoms with E-state index in [1.807, 2.05) is 0 Å². The maximum Gasteiger partial charge on any atom is 0.339 e. The number of benzene rings is 3. The van der Waals surface area contributed by atoms with E-state index < -0.39 is 17.3 Å². The molecule has 2 N–H and O–H groups in total. The number of phenolic OH excluding ortho intramolecular Hbond substituents is 2. The van der Waals surface area contributed by atoms with Crippen LogP contribution in [0.15, 0.2) is 42.5 Å². The average molecular weight is 503 g/mol. The van der Waals surface area contributed by atoms with Crippen LogP contribution < -0.4 is 4.74 Å². The van der Waals surface area contributed by atoms with Crippen LogP contribution in [-0.4, -0.2) is 16.2 Å². The van der Waals surface area contributed by atoms with Gasteiger partial charge in [0.1, 0.15) is 11.5 Å². The van der Waals surface area contributed by atoms with Crippen molar-refractivity contribution in [1.29, 1.82) is 0 Å². The molecule has 2 heterocycles. The zero-order valence-electron chi connectivity index (χ0n) is 13.7. The Balaban J connectivity index is 0.00000192. The van der Waals surface area contributed by atoms with Crippen molar-refractivity contribution in [2.75, 3.05) is 0 Å². The van der Waals surface area contributed by atoms with E-state index in [1.54, 1.807) is 30.3 Å². The summed E-state index contributed by atoms with van der Waals surface area (Å²) in [7, 11) is 0. The van der Waals surface area contributed by atoms with Crippen molar-refractivity contribution in [1.82, 2.24) is 0 Å². The summed E-state index contributed by atoms with van der Waals surface area (Å²) < 4.78 is 11.7. The molecule has 2 aliphatic heterocycles. The number of rotatable bonds is 0. The molecule has 5 nitrogen and oxygen atoms in total. The first-order valence-corrected chi connectivity index (χ1v) is 8.67. The Morgan fingerprint density at radius 1 is 1.00 bits per heavy atom. The smallest absolute Gasteiger partial charge is 0.339 e. The summed E-state index contributed by atoms with van der Waals surface area (Å²) in [6.07, 6.45) is 0. The van der Waals surface area contributed by atoms with E-state index in [1.165, 1.54) is 12.1 Å². The van der Waals surface area contributed by atoms with E-state index >= 15 is 0 Å². The molecule has 1 unspecified atom stereocenters.